The molecule has 0 aliphatic carbocycles. The van der Waals surface area contributed by atoms with Crippen molar-refractivity contribution in [1.29, 1.82) is 0 Å². The van der Waals surface area contributed by atoms with E-state index >= 15 is 0 Å². The Bertz CT molecular complexity index is 1010. The maximum Gasteiger partial charge on any atom is 0.260 e. The van der Waals surface area contributed by atoms with Gasteiger partial charge in [0.1, 0.15) is 5.75 Å². The Morgan fingerprint density at radius 1 is 1.22 bits per heavy atom. The van der Waals surface area contributed by atoms with Crippen molar-refractivity contribution in [1.82, 2.24) is 9.88 Å². The Balaban J connectivity index is 1.38. The fourth-order valence-electron chi connectivity index (χ4n) is 3.11. The van der Waals surface area contributed by atoms with E-state index in [2.05, 4.69) is 10.3 Å². The number of amides is 2. The molecule has 2 aromatic carbocycles. The molecule has 6 nitrogen and oxygen atoms in total. The summed E-state index contributed by atoms with van der Waals surface area (Å²) >= 11 is 1.42. The van der Waals surface area contributed by atoms with Gasteiger partial charge in [0.05, 0.1) is 12.2 Å². The summed E-state index contributed by atoms with van der Waals surface area (Å²) in [7, 11) is 0. The fourth-order valence-corrected chi connectivity index (χ4v) is 4.18. The van der Waals surface area contributed by atoms with E-state index in [-0.39, 0.29) is 18.4 Å². The molecule has 1 aliphatic heterocycles. The highest BCUT2D eigenvalue weighted by Crippen LogP contribution is 2.28. The average Bonchev–Trinajstić information content (AvgIpc) is 3.06. The third kappa shape index (κ3) is 3.93. The molecule has 1 N–H and O–H groups in total. The number of benzene rings is 2. The van der Waals surface area contributed by atoms with Gasteiger partial charge in [-0.25, -0.2) is 4.98 Å². The number of carbonyl (C=O) groups excluding carboxylic acids is 2. The van der Waals surface area contributed by atoms with Crippen molar-refractivity contribution in [2.75, 3.05) is 18.5 Å². The van der Waals surface area contributed by atoms with Gasteiger partial charge in [-0.05, 0) is 22.9 Å². The van der Waals surface area contributed by atoms with Crippen LogP contribution in [0.5, 0.6) is 5.75 Å². The first-order chi connectivity index (χ1) is 13.1. The molecule has 4 rings (SSSR count). The SMILES string of the molecule is CC(=O)Nc1nc2c(s1)CN(C(=O)COc1ccc3ccccc3c1)CC2. The van der Waals surface area contributed by atoms with Gasteiger partial charge in [0, 0.05) is 24.8 Å². The van der Waals surface area contributed by atoms with Crippen LogP contribution in [0.4, 0.5) is 5.13 Å². The van der Waals surface area contributed by atoms with Crippen molar-refractivity contribution in [3.63, 3.8) is 0 Å². The Morgan fingerprint density at radius 3 is 2.85 bits per heavy atom. The Morgan fingerprint density at radius 2 is 2.04 bits per heavy atom. The molecule has 0 radical (unpaired) electrons. The van der Waals surface area contributed by atoms with E-state index in [0.29, 0.717) is 30.4 Å². The highest BCUT2D eigenvalue weighted by molar-refractivity contribution is 7.15. The summed E-state index contributed by atoms with van der Waals surface area (Å²) in [5.74, 6) is 0.492. The summed E-state index contributed by atoms with van der Waals surface area (Å²) in [6.45, 7) is 2.58. The van der Waals surface area contributed by atoms with Crippen LogP contribution in [-0.2, 0) is 22.6 Å². The largest absolute Gasteiger partial charge is 0.484 e. The van der Waals surface area contributed by atoms with Crippen molar-refractivity contribution < 1.29 is 14.3 Å². The summed E-state index contributed by atoms with van der Waals surface area (Å²) in [5, 5.41) is 5.52. The second-order valence-electron chi connectivity index (χ2n) is 6.43. The molecule has 3 aromatic rings. The Hall–Kier alpha value is -2.93. The van der Waals surface area contributed by atoms with Gasteiger partial charge >= 0.3 is 0 Å². The molecule has 0 unspecified atom stereocenters. The number of aromatic nitrogens is 1. The first kappa shape index (κ1) is 17.5. The van der Waals surface area contributed by atoms with E-state index in [1.165, 1.54) is 18.3 Å². The molecule has 2 amide bonds. The predicted octanol–water partition coefficient (Wildman–Crippen LogP) is 3.22. The van der Waals surface area contributed by atoms with Crippen molar-refractivity contribution >= 4 is 39.1 Å². The van der Waals surface area contributed by atoms with Crippen molar-refractivity contribution in [3.05, 3.63) is 53.0 Å². The summed E-state index contributed by atoms with van der Waals surface area (Å²) in [6, 6.07) is 13.9. The van der Waals surface area contributed by atoms with E-state index in [1.54, 1.807) is 4.90 Å². The van der Waals surface area contributed by atoms with Crippen LogP contribution in [0, 0.1) is 0 Å². The van der Waals surface area contributed by atoms with E-state index < -0.39 is 0 Å². The average molecular weight is 381 g/mol. The van der Waals surface area contributed by atoms with Gasteiger partial charge in [0.15, 0.2) is 11.7 Å². The van der Waals surface area contributed by atoms with E-state index in [0.717, 1.165) is 21.3 Å². The summed E-state index contributed by atoms with van der Waals surface area (Å²) in [5.41, 5.74) is 0.961. The highest BCUT2D eigenvalue weighted by atomic mass is 32.1. The number of anilines is 1. The number of ether oxygens (including phenoxy) is 1. The third-order valence-corrected chi connectivity index (χ3v) is 5.45. The van der Waals surface area contributed by atoms with Gasteiger partial charge in [0.25, 0.3) is 5.91 Å². The van der Waals surface area contributed by atoms with Gasteiger partial charge < -0.3 is 15.0 Å². The Kier molecular flexibility index (Phi) is 4.77. The lowest BCUT2D eigenvalue weighted by molar-refractivity contribution is -0.134. The maximum absolute atomic E-state index is 12.5. The number of nitrogens with one attached hydrogen (secondary N) is 1. The minimum absolute atomic E-state index is 0.00499. The number of nitrogens with zero attached hydrogens (tertiary/aromatic N) is 2. The van der Waals surface area contributed by atoms with Gasteiger partial charge in [-0.2, -0.15) is 0 Å². The van der Waals surface area contributed by atoms with Gasteiger partial charge in [-0.1, -0.05) is 41.7 Å². The minimum Gasteiger partial charge on any atom is -0.484 e. The van der Waals surface area contributed by atoms with E-state index in [4.69, 9.17) is 4.74 Å². The molecule has 0 spiro atoms. The molecule has 2 heterocycles. The third-order valence-electron chi connectivity index (χ3n) is 4.45. The van der Waals surface area contributed by atoms with E-state index in [1.807, 2.05) is 42.5 Å². The van der Waals surface area contributed by atoms with Crippen LogP contribution in [0.1, 0.15) is 17.5 Å². The zero-order valence-electron chi connectivity index (χ0n) is 14.9. The lowest BCUT2D eigenvalue weighted by Gasteiger charge is -2.26. The number of hydrogen-bond donors (Lipinski definition) is 1. The second-order valence-corrected chi connectivity index (χ2v) is 7.52. The zero-order valence-corrected chi connectivity index (χ0v) is 15.7. The van der Waals surface area contributed by atoms with Crippen molar-refractivity contribution in [2.24, 2.45) is 0 Å². The standard InChI is InChI=1S/C20H19N3O3S/c1-13(24)21-20-22-17-8-9-23(11-18(17)27-20)19(25)12-26-16-7-6-14-4-2-3-5-15(14)10-16/h2-7,10H,8-9,11-12H2,1H3,(H,21,22,24). The molecule has 0 fully saturated rings. The van der Waals surface area contributed by atoms with Gasteiger partial charge in [-0.15, -0.1) is 0 Å². The van der Waals surface area contributed by atoms with Crippen LogP contribution < -0.4 is 10.1 Å². The van der Waals surface area contributed by atoms with Crippen LogP contribution in [0.3, 0.4) is 0 Å². The van der Waals surface area contributed by atoms with Crippen LogP contribution in [0.25, 0.3) is 10.8 Å². The molecule has 1 aliphatic rings. The molecule has 0 saturated carbocycles. The van der Waals surface area contributed by atoms with Crippen LogP contribution in [0.15, 0.2) is 42.5 Å². The smallest absolute Gasteiger partial charge is 0.260 e. The molecule has 0 bridgehead atoms. The van der Waals surface area contributed by atoms with Crippen molar-refractivity contribution in [2.45, 2.75) is 19.9 Å². The molecule has 138 valence electrons. The maximum atomic E-state index is 12.5. The fraction of sp³-hybridized carbons (Fsp3) is 0.250. The Labute approximate surface area is 160 Å². The summed E-state index contributed by atoms with van der Waals surface area (Å²) in [4.78, 5) is 30.9. The zero-order chi connectivity index (χ0) is 18.8. The first-order valence-electron chi connectivity index (χ1n) is 8.74. The molecule has 1 aromatic heterocycles. The number of carbonyl (C=O) groups is 2. The predicted molar refractivity (Wildman–Crippen MR) is 105 cm³/mol. The van der Waals surface area contributed by atoms with Crippen LogP contribution >= 0.6 is 11.3 Å². The van der Waals surface area contributed by atoms with E-state index in [9.17, 15) is 9.59 Å². The summed E-state index contributed by atoms with van der Waals surface area (Å²) < 4.78 is 5.71. The monoisotopic (exact) mass is 381 g/mol. The molecule has 27 heavy (non-hydrogen) atoms. The second kappa shape index (κ2) is 7.36. The van der Waals surface area contributed by atoms with Crippen LogP contribution in [-0.4, -0.2) is 34.8 Å². The molecular formula is C20H19N3O3S. The lowest BCUT2D eigenvalue weighted by Crippen LogP contribution is -2.38. The minimum atomic E-state index is -0.141. The van der Waals surface area contributed by atoms with Crippen molar-refractivity contribution in [3.8, 4) is 5.75 Å². The number of fused-ring (bicyclic) bond motifs is 2. The normalized spacial score (nSPS) is 13.3. The molecule has 7 heteroatoms. The quantitative estimate of drug-likeness (QED) is 0.753. The first-order valence-corrected chi connectivity index (χ1v) is 9.56. The lowest BCUT2D eigenvalue weighted by atomic mass is 10.1. The topological polar surface area (TPSA) is 71.5 Å². The number of thiazole rings is 1. The highest BCUT2D eigenvalue weighted by Gasteiger charge is 2.24. The number of hydrogen-bond acceptors (Lipinski definition) is 5. The molecule has 0 saturated heterocycles. The number of rotatable bonds is 4. The molecular weight excluding hydrogens is 362 g/mol. The van der Waals surface area contributed by atoms with Gasteiger partial charge in [0.2, 0.25) is 5.91 Å². The van der Waals surface area contributed by atoms with Crippen LogP contribution in [0.2, 0.25) is 0 Å². The van der Waals surface area contributed by atoms with Gasteiger partial charge in [-0.3, -0.25) is 9.59 Å². The summed E-state index contributed by atoms with van der Waals surface area (Å²) in [6.07, 6.45) is 0.688. The molecule has 0 atom stereocenters.